The Labute approximate surface area is 185 Å². The van der Waals surface area contributed by atoms with Gasteiger partial charge in [-0.25, -0.2) is 15.0 Å². The number of hydrogen-bond donors (Lipinski definition) is 2. The molecule has 2 unspecified atom stereocenters. The summed E-state index contributed by atoms with van der Waals surface area (Å²) in [5, 5.41) is 16.5. The van der Waals surface area contributed by atoms with E-state index in [0.717, 1.165) is 58.7 Å². The summed E-state index contributed by atoms with van der Waals surface area (Å²) in [6, 6.07) is 5.78. The van der Waals surface area contributed by atoms with Gasteiger partial charge in [-0.3, -0.25) is 0 Å². The summed E-state index contributed by atoms with van der Waals surface area (Å²) < 4.78 is 11.5. The van der Waals surface area contributed by atoms with Crippen LogP contribution in [0.15, 0.2) is 35.1 Å². The van der Waals surface area contributed by atoms with Gasteiger partial charge in [0.2, 0.25) is 0 Å². The predicted octanol–water partition coefficient (Wildman–Crippen LogP) is 3.92. The van der Waals surface area contributed by atoms with E-state index in [4.69, 9.17) is 14.2 Å². The second-order valence-electron chi connectivity index (χ2n) is 8.86. The first kappa shape index (κ1) is 19.6. The Morgan fingerprint density at radius 1 is 1.12 bits per heavy atom. The van der Waals surface area contributed by atoms with E-state index in [-0.39, 0.29) is 0 Å². The lowest BCUT2D eigenvalue weighted by Crippen LogP contribution is -2.42. The molecule has 6 rings (SSSR count). The number of benzene rings is 1. The van der Waals surface area contributed by atoms with Crippen LogP contribution in [0.3, 0.4) is 0 Å². The van der Waals surface area contributed by atoms with Crippen molar-refractivity contribution in [3.63, 3.8) is 0 Å². The van der Waals surface area contributed by atoms with Gasteiger partial charge in [0.25, 0.3) is 0 Å². The number of rotatable bonds is 5. The van der Waals surface area contributed by atoms with E-state index < -0.39 is 11.7 Å². The highest BCUT2D eigenvalue weighted by atomic mass is 16.5. The molecule has 164 valence electrons. The third-order valence-corrected chi connectivity index (χ3v) is 6.60. The number of H-pyrrole nitrogens is 1. The van der Waals surface area contributed by atoms with Crippen molar-refractivity contribution in [2.75, 3.05) is 6.61 Å². The number of aromatic amines is 1. The summed E-state index contributed by atoms with van der Waals surface area (Å²) in [5.41, 5.74) is 3.32. The summed E-state index contributed by atoms with van der Waals surface area (Å²) in [6.07, 6.45) is 6.68. The smallest absolute Gasteiger partial charge is 0.177 e. The minimum atomic E-state index is -1.54. The average Bonchev–Trinajstić information content (AvgIpc) is 3.19. The largest absolute Gasteiger partial charge is 0.375 e. The van der Waals surface area contributed by atoms with E-state index in [2.05, 4.69) is 26.2 Å². The van der Waals surface area contributed by atoms with Crippen molar-refractivity contribution in [2.24, 2.45) is 0 Å². The maximum Gasteiger partial charge on any atom is 0.177 e. The standard InChI is InChI=1S/C24H25N5O3/c1-13-20(14(2)32-29-13)16-11-17(21-18(12-16)27-22(28-21)15-6-7-15)24(30,19-5-3-10-31-19)23-25-8-4-9-26-23/h4,8-9,11-12,15,19,30H,3,5-7,10H2,1-2H3,(H,27,28). The monoisotopic (exact) mass is 431 g/mol. The van der Waals surface area contributed by atoms with Crippen LogP contribution in [0, 0.1) is 13.8 Å². The molecule has 2 N–H and O–H groups in total. The maximum absolute atomic E-state index is 12.3. The van der Waals surface area contributed by atoms with Crippen LogP contribution in [-0.4, -0.2) is 42.9 Å². The maximum atomic E-state index is 12.3. The Morgan fingerprint density at radius 2 is 1.94 bits per heavy atom. The van der Waals surface area contributed by atoms with Gasteiger partial charge < -0.3 is 19.4 Å². The van der Waals surface area contributed by atoms with Crippen LogP contribution in [0.1, 0.15) is 60.3 Å². The van der Waals surface area contributed by atoms with Crippen molar-refractivity contribution >= 4 is 11.0 Å². The minimum Gasteiger partial charge on any atom is -0.375 e. The molecule has 0 spiro atoms. The van der Waals surface area contributed by atoms with E-state index in [9.17, 15) is 5.11 Å². The van der Waals surface area contributed by atoms with Gasteiger partial charge in [0.1, 0.15) is 11.6 Å². The van der Waals surface area contributed by atoms with Crippen molar-refractivity contribution in [1.82, 2.24) is 25.1 Å². The molecule has 4 heterocycles. The fourth-order valence-electron chi connectivity index (χ4n) is 4.86. The Hall–Kier alpha value is -3.10. The molecule has 1 aliphatic heterocycles. The third kappa shape index (κ3) is 2.97. The number of aliphatic hydroxyl groups is 1. The summed E-state index contributed by atoms with van der Waals surface area (Å²) in [4.78, 5) is 17.3. The van der Waals surface area contributed by atoms with Gasteiger partial charge in [-0.2, -0.15) is 0 Å². The van der Waals surface area contributed by atoms with Crippen LogP contribution in [0.2, 0.25) is 0 Å². The van der Waals surface area contributed by atoms with Crippen molar-refractivity contribution in [1.29, 1.82) is 0 Å². The van der Waals surface area contributed by atoms with Gasteiger partial charge in [-0.05, 0) is 63.3 Å². The zero-order valence-corrected chi connectivity index (χ0v) is 18.1. The number of nitrogens with zero attached hydrogens (tertiary/aromatic N) is 4. The van der Waals surface area contributed by atoms with Crippen molar-refractivity contribution in [3.8, 4) is 11.1 Å². The first-order valence-electron chi connectivity index (χ1n) is 11.1. The molecule has 0 amide bonds. The number of fused-ring (bicyclic) bond motifs is 1. The molecule has 8 heteroatoms. The first-order valence-corrected chi connectivity index (χ1v) is 11.1. The number of nitrogens with one attached hydrogen (secondary N) is 1. The van der Waals surface area contributed by atoms with E-state index >= 15 is 0 Å². The van der Waals surface area contributed by atoms with Gasteiger partial charge in [-0.15, -0.1) is 0 Å². The highest BCUT2D eigenvalue weighted by Crippen LogP contribution is 2.44. The van der Waals surface area contributed by atoms with Gasteiger partial charge >= 0.3 is 0 Å². The molecular weight excluding hydrogens is 406 g/mol. The molecule has 3 aromatic heterocycles. The molecule has 2 fully saturated rings. The van der Waals surface area contributed by atoms with Gasteiger partial charge in [0, 0.05) is 36.0 Å². The highest BCUT2D eigenvalue weighted by Gasteiger charge is 2.47. The average molecular weight is 431 g/mol. The number of imidazole rings is 1. The van der Waals surface area contributed by atoms with Crippen LogP contribution >= 0.6 is 0 Å². The lowest BCUT2D eigenvalue weighted by atomic mass is 9.83. The molecule has 2 atom stereocenters. The number of ether oxygens (including phenoxy) is 1. The Kier molecular flexibility index (Phi) is 4.41. The molecule has 0 radical (unpaired) electrons. The fourth-order valence-corrected chi connectivity index (χ4v) is 4.86. The molecular formula is C24H25N5O3. The first-order chi connectivity index (χ1) is 15.6. The summed E-state index contributed by atoms with van der Waals surface area (Å²) >= 11 is 0. The molecule has 0 bridgehead atoms. The molecule has 1 aliphatic carbocycles. The molecule has 1 saturated carbocycles. The van der Waals surface area contributed by atoms with E-state index in [1.165, 1.54) is 0 Å². The lowest BCUT2D eigenvalue weighted by Gasteiger charge is -2.32. The second-order valence-corrected chi connectivity index (χ2v) is 8.86. The molecule has 2 aliphatic rings. The molecule has 8 nitrogen and oxygen atoms in total. The van der Waals surface area contributed by atoms with Gasteiger partial charge in [-0.1, -0.05) is 5.16 Å². The van der Waals surface area contributed by atoms with E-state index in [1.807, 2.05) is 19.9 Å². The van der Waals surface area contributed by atoms with Crippen LogP contribution < -0.4 is 0 Å². The third-order valence-electron chi connectivity index (χ3n) is 6.60. The number of aromatic nitrogens is 5. The van der Waals surface area contributed by atoms with E-state index in [1.54, 1.807) is 18.5 Å². The second kappa shape index (κ2) is 7.21. The summed E-state index contributed by atoms with van der Waals surface area (Å²) in [6.45, 7) is 4.42. The number of hydrogen-bond acceptors (Lipinski definition) is 7. The quantitative estimate of drug-likeness (QED) is 0.493. The number of aryl methyl sites for hydroxylation is 2. The topological polar surface area (TPSA) is 110 Å². The normalized spacial score (nSPS) is 20.7. The molecule has 1 aromatic carbocycles. The summed E-state index contributed by atoms with van der Waals surface area (Å²) in [5.74, 6) is 2.45. The van der Waals surface area contributed by atoms with Crippen LogP contribution in [0.4, 0.5) is 0 Å². The Morgan fingerprint density at radius 3 is 2.59 bits per heavy atom. The SMILES string of the molecule is Cc1noc(C)c1-c1cc(C(O)(c2ncccn2)C2CCCO2)c2nc(C3CC3)[nH]c2c1. The van der Waals surface area contributed by atoms with Gasteiger partial charge in [0.05, 0.1) is 22.8 Å². The zero-order valence-electron chi connectivity index (χ0n) is 18.1. The van der Waals surface area contributed by atoms with Crippen LogP contribution in [-0.2, 0) is 10.3 Å². The van der Waals surface area contributed by atoms with Crippen molar-refractivity contribution in [3.05, 3.63) is 59.3 Å². The van der Waals surface area contributed by atoms with Crippen LogP contribution in [0.5, 0.6) is 0 Å². The fraction of sp³-hybridized carbons (Fsp3) is 0.417. The summed E-state index contributed by atoms with van der Waals surface area (Å²) in [7, 11) is 0. The van der Waals surface area contributed by atoms with Gasteiger partial charge in [0.15, 0.2) is 11.4 Å². The molecule has 4 aromatic rings. The highest BCUT2D eigenvalue weighted by molar-refractivity contribution is 5.87. The Balaban J connectivity index is 1.65. The molecule has 32 heavy (non-hydrogen) atoms. The predicted molar refractivity (Wildman–Crippen MR) is 117 cm³/mol. The zero-order chi connectivity index (χ0) is 21.9. The van der Waals surface area contributed by atoms with Crippen molar-refractivity contribution in [2.45, 2.75) is 57.2 Å². The Bertz CT molecular complexity index is 1270. The minimum absolute atomic E-state index is 0.320. The van der Waals surface area contributed by atoms with E-state index in [0.29, 0.717) is 30.3 Å². The molecule has 1 saturated heterocycles. The van der Waals surface area contributed by atoms with Crippen LogP contribution in [0.25, 0.3) is 22.2 Å². The van der Waals surface area contributed by atoms with Crippen molar-refractivity contribution < 1.29 is 14.4 Å². The lowest BCUT2D eigenvalue weighted by molar-refractivity contribution is -0.0664.